The summed E-state index contributed by atoms with van der Waals surface area (Å²) in [4.78, 5) is 38.2. The van der Waals surface area contributed by atoms with Gasteiger partial charge in [0.2, 0.25) is 0 Å². The molecule has 1 unspecified atom stereocenters. The van der Waals surface area contributed by atoms with Crippen LogP contribution in [0, 0.1) is 0 Å². The van der Waals surface area contributed by atoms with Gasteiger partial charge in [0.25, 0.3) is 0 Å². The molecule has 0 saturated heterocycles. The number of unbranched alkanes of at least 4 members (excludes halogenated alkanes) is 36. The van der Waals surface area contributed by atoms with Gasteiger partial charge in [-0.2, -0.15) is 0 Å². The molecule has 0 spiro atoms. The van der Waals surface area contributed by atoms with Gasteiger partial charge in [0.15, 0.2) is 6.10 Å². The number of allylic oxidation sites excluding steroid dienone is 10. The van der Waals surface area contributed by atoms with Crippen LogP contribution < -0.4 is 0 Å². The van der Waals surface area contributed by atoms with Crippen molar-refractivity contribution in [2.75, 3.05) is 13.2 Å². The average Bonchev–Trinajstić information content (AvgIpc) is 3.38. The Hall–Kier alpha value is -2.89. The van der Waals surface area contributed by atoms with Crippen LogP contribution in [0.2, 0.25) is 0 Å². The number of ether oxygens (including phenoxy) is 3. The van der Waals surface area contributed by atoms with Crippen molar-refractivity contribution in [3.8, 4) is 0 Å². The van der Waals surface area contributed by atoms with Crippen LogP contribution in [0.1, 0.15) is 323 Å². The van der Waals surface area contributed by atoms with Crippen molar-refractivity contribution in [3.05, 3.63) is 60.8 Å². The van der Waals surface area contributed by atoms with Gasteiger partial charge in [0, 0.05) is 19.3 Å². The molecule has 0 aliphatic heterocycles. The minimum absolute atomic E-state index is 0.0772. The van der Waals surface area contributed by atoms with E-state index in [0.29, 0.717) is 19.3 Å². The van der Waals surface area contributed by atoms with E-state index < -0.39 is 6.10 Å². The number of hydrogen-bond acceptors (Lipinski definition) is 6. The molecule has 0 saturated carbocycles. The summed E-state index contributed by atoms with van der Waals surface area (Å²) in [5, 5.41) is 0. The minimum Gasteiger partial charge on any atom is -0.462 e. The summed E-state index contributed by atoms with van der Waals surface area (Å²) in [5.74, 6) is -0.877. The highest BCUT2D eigenvalue weighted by molar-refractivity contribution is 5.71. The van der Waals surface area contributed by atoms with Crippen molar-refractivity contribution in [1.82, 2.24) is 0 Å². The summed E-state index contributed by atoms with van der Waals surface area (Å²) >= 11 is 0. The maximum Gasteiger partial charge on any atom is 0.306 e. The van der Waals surface area contributed by atoms with Crippen molar-refractivity contribution in [2.45, 2.75) is 329 Å². The number of hydrogen-bond donors (Lipinski definition) is 0. The lowest BCUT2D eigenvalue weighted by Gasteiger charge is -2.18. The van der Waals surface area contributed by atoms with Gasteiger partial charge in [-0.3, -0.25) is 14.4 Å². The number of esters is 3. The van der Waals surface area contributed by atoms with E-state index in [4.69, 9.17) is 14.2 Å². The van der Waals surface area contributed by atoms with Crippen LogP contribution >= 0.6 is 0 Å². The number of carbonyl (C=O) groups excluding carboxylic acids is 3. The summed E-state index contributed by atoms with van der Waals surface area (Å²) in [6.07, 6.45) is 76.4. The van der Waals surface area contributed by atoms with E-state index in [1.54, 1.807) is 0 Å². The molecule has 72 heavy (non-hydrogen) atoms. The van der Waals surface area contributed by atoms with Crippen molar-refractivity contribution in [3.63, 3.8) is 0 Å². The molecule has 0 fully saturated rings. The molecule has 6 heteroatoms. The predicted molar refractivity (Wildman–Crippen MR) is 312 cm³/mol. The van der Waals surface area contributed by atoms with Gasteiger partial charge in [-0.25, -0.2) is 0 Å². The Bertz CT molecular complexity index is 1290. The maximum atomic E-state index is 12.9. The number of rotatable bonds is 57. The van der Waals surface area contributed by atoms with Gasteiger partial charge in [-0.05, 0) is 89.9 Å². The zero-order valence-electron chi connectivity index (χ0n) is 47.9. The fourth-order valence-electron chi connectivity index (χ4n) is 9.01. The van der Waals surface area contributed by atoms with Crippen LogP contribution in [-0.2, 0) is 28.6 Å². The summed E-state index contributed by atoms with van der Waals surface area (Å²) < 4.78 is 16.9. The highest BCUT2D eigenvalue weighted by Gasteiger charge is 2.19. The van der Waals surface area contributed by atoms with Crippen LogP contribution in [-0.4, -0.2) is 37.2 Å². The Labute approximate surface area is 447 Å². The highest BCUT2D eigenvalue weighted by atomic mass is 16.6. The molecule has 418 valence electrons. The van der Waals surface area contributed by atoms with Crippen molar-refractivity contribution in [2.24, 2.45) is 0 Å². The van der Waals surface area contributed by atoms with Crippen LogP contribution in [0.15, 0.2) is 60.8 Å². The monoisotopic (exact) mass is 1010 g/mol. The van der Waals surface area contributed by atoms with E-state index in [1.165, 1.54) is 193 Å². The summed E-state index contributed by atoms with van der Waals surface area (Å²) in [6, 6.07) is 0. The largest absolute Gasteiger partial charge is 0.462 e. The normalized spacial score (nSPS) is 12.4. The fraction of sp³-hybridized carbons (Fsp3) is 0.803. The highest BCUT2D eigenvalue weighted by Crippen LogP contribution is 2.16. The summed E-state index contributed by atoms with van der Waals surface area (Å²) in [7, 11) is 0. The van der Waals surface area contributed by atoms with E-state index in [-0.39, 0.29) is 31.1 Å². The van der Waals surface area contributed by atoms with Gasteiger partial charge in [0.05, 0.1) is 0 Å². The molecule has 0 aliphatic rings. The van der Waals surface area contributed by atoms with Crippen molar-refractivity contribution >= 4 is 17.9 Å². The van der Waals surface area contributed by atoms with E-state index in [0.717, 1.165) is 89.9 Å². The fourth-order valence-corrected chi connectivity index (χ4v) is 9.01. The van der Waals surface area contributed by atoms with Crippen LogP contribution in [0.25, 0.3) is 0 Å². The second-order valence-corrected chi connectivity index (χ2v) is 21.0. The van der Waals surface area contributed by atoms with E-state index >= 15 is 0 Å². The molecule has 0 bridgehead atoms. The molecular weight excluding hydrogens is 889 g/mol. The average molecular weight is 1010 g/mol. The van der Waals surface area contributed by atoms with Crippen molar-refractivity contribution in [1.29, 1.82) is 0 Å². The molecule has 0 radical (unpaired) electrons. The SMILES string of the molecule is CCCCC/C=C\C/C=C\C/C=C\CCCCCCCCC(=O)OC(COC(=O)CCCCCCCCCCCCCC)COC(=O)CCCCCCCCCCCCC/C=C\C/C=C\CCCCCCC. The maximum absolute atomic E-state index is 12.9. The Morgan fingerprint density at radius 1 is 0.278 bits per heavy atom. The van der Waals surface area contributed by atoms with Gasteiger partial charge < -0.3 is 14.2 Å². The van der Waals surface area contributed by atoms with Gasteiger partial charge in [-0.1, -0.05) is 274 Å². The van der Waals surface area contributed by atoms with Crippen LogP contribution in [0.4, 0.5) is 0 Å². The minimum atomic E-state index is -0.781. The van der Waals surface area contributed by atoms with Crippen LogP contribution in [0.5, 0.6) is 0 Å². The Morgan fingerprint density at radius 2 is 0.500 bits per heavy atom. The third-order valence-corrected chi connectivity index (χ3v) is 13.7. The zero-order valence-corrected chi connectivity index (χ0v) is 47.9. The van der Waals surface area contributed by atoms with E-state index in [9.17, 15) is 14.4 Å². The molecule has 0 aliphatic carbocycles. The molecule has 0 N–H and O–H groups in total. The first kappa shape index (κ1) is 69.1. The Morgan fingerprint density at radius 3 is 0.806 bits per heavy atom. The first-order chi connectivity index (χ1) is 35.5. The van der Waals surface area contributed by atoms with Crippen molar-refractivity contribution < 1.29 is 28.6 Å². The summed E-state index contributed by atoms with van der Waals surface area (Å²) in [5.41, 5.74) is 0. The zero-order chi connectivity index (χ0) is 52.2. The Kier molecular flexibility index (Phi) is 58.2. The molecular formula is C66H118O6. The topological polar surface area (TPSA) is 78.9 Å². The smallest absolute Gasteiger partial charge is 0.306 e. The number of carbonyl (C=O) groups is 3. The lowest BCUT2D eigenvalue weighted by Crippen LogP contribution is -2.30. The standard InChI is InChI=1S/C66H118O6/c1-4-7-10-13-16-19-22-25-27-29-31-32-33-34-36-37-39-41-44-47-50-53-56-59-65(68)71-62-63(61-70-64(67)58-55-52-49-46-43-24-21-18-15-12-9-6-3)72-66(69)60-57-54-51-48-45-42-40-38-35-30-28-26-23-20-17-14-11-8-5-2/h17,20,22,25-26,28-29,31,35,38,63H,4-16,18-19,21,23-24,27,30,32-34,36-37,39-62H2,1-3H3/b20-17-,25-22-,28-26-,31-29-,38-35-. The van der Waals surface area contributed by atoms with Crippen LogP contribution in [0.3, 0.4) is 0 Å². The first-order valence-corrected chi connectivity index (χ1v) is 31.3. The molecule has 0 amide bonds. The van der Waals surface area contributed by atoms with E-state index in [1.807, 2.05) is 0 Å². The van der Waals surface area contributed by atoms with Gasteiger partial charge >= 0.3 is 17.9 Å². The quantitative estimate of drug-likeness (QED) is 0.0261. The molecule has 6 nitrogen and oxygen atoms in total. The second-order valence-electron chi connectivity index (χ2n) is 21.0. The van der Waals surface area contributed by atoms with Gasteiger partial charge in [-0.15, -0.1) is 0 Å². The second kappa shape index (κ2) is 60.7. The lowest BCUT2D eigenvalue weighted by atomic mass is 10.0. The van der Waals surface area contributed by atoms with Gasteiger partial charge in [0.1, 0.15) is 13.2 Å². The Balaban J connectivity index is 4.31. The summed E-state index contributed by atoms with van der Waals surface area (Å²) in [6.45, 7) is 6.62. The first-order valence-electron chi connectivity index (χ1n) is 31.3. The molecule has 0 aromatic heterocycles. The lowest BCUT2D eigenvalue weighted by molar-refractivity contribution is -0.167. The third-order valence-electron chi connectivity index (χ3n) is 13.7. The molecule has 1 atom stereocenters. The molecule has 0 aromatic carbocycles. The molecule has 0 heterocycles. The van der Waals surface area contributed by atoms with E-state index in [2.05, 4.69) is 81.5 Å². The predicted octanol–water partition coefficient (Wildman–Crippen LogP) is 21.2. The molecule has 0 rings (SSSR count). The third kappa shape index (κ3) is 58.0. The molecule has 0 aromatic rings.